The highest BCUT2D eigenvalue weighted by molar-refractivity contribution is 6.35. The van der Waals surface area contributed by atoms with Crippen molar-refractivity contribution in [3.05, 3.63) is 104 Å². The number of benzene rings is 3. The molecular weight excluding hydrogens is 464 g/mol. The Morgan fingerprint density at radius 2 is 1.59 bits per heavy atom. The highest BCUT2D eigenvalue weighted by atomic mass is 35.5. The number of halogens is 1. The van der Waals surface area contributed by atoms with Crippen molar-refractivity contribution >= 4 is 46.5 Å². The number of nitro benzene ring substituents is 1. The summed E-state index contributed by atoms with van der Waals surface area (Å²) in [5.41, 5.74) is 0.652. The number of nitro groups is 1. The Morgan fingerprint density at radius 3 is 2.26 bits per heavy atom. The van der Waals surface area contributed by atoms with Gasteiger partial charge in [-0.3, -0.25) is 24.5 Å². The molecule has 0 unspecified atom stereocenters. The van der Waals surface area contributed by atoms with E-state index < -0.39 is 35.1 Å². The van der Waals surface area contributed by atoms with Crippen LogP contribution in [-0.4, -0.2) is 35.1 Å². The molecule has 0 spiro atoms. The molecule has 0 atom stereocenters. The van der Waals surface area contributed by atoms with E-state index in [0.29, 0.717) is 16.3 Å². The Kier molecular flexibility index (Phi) is 5.95. The van der Waals surface area contributed by atoms with Gasteiger partial charge in [0.15, 0.2) is 6.61 Å². The van der Waals surface area contributed by atoms with Crippen LogP contribution in [0.5, 0.6) is 0 Å². The summed E-state index contributed by atoms with van der Waals surface area (Å²) < 4.78 is 5.04. The first-order valence-electron chi connectivity index (χ1n) is 9.91. The molecule has 1 aliphatic heterocycles. The largest absolute Gasteiger partial charge is 0.454 e. The minimum atomic E-state index is -0.886. The molecule has 3 aromatic carbocycles. The summed E-state index contributed by atoms with van der Waals surface area (Å²) in [5.74, 6) is -2.67. The first-order chi connectivity index (χ1) is 16.2. The molecule has 170 valence electrons. The molecule has 10 heteroatoms. The van der Waals surface area contributed by atoms with E-state index in [4.69, 9.17) is 16.3 Å². The highest BCUT2D eigenvalue weighted by Gasteiger charge is 2.37. The molecule has 0 saturated heterocycles. The number of Topliss-reactive ketones (excluding diaryl/α,β-unsaturated/α-hetero) is 1. The number of hydrogen-bond donors (Lipinski definition) is 0. The van der Waals surface area contributed by atoms with Crippen LogP contribution in [0.15, 0.2) is 60.7 Å². The number of fused-ring (bicyclic) bond motifs is 1. The molecular formula is C24H15ClN2O7. The maximum Gasteiger partial charge on any atom is 0.338 e. The molecule has 0 bridgehead atoms. The Morgan fingerprint density at radius 1 is 0.941 bits per heavy atom. The number of aryl methyl sites for hydroxylation is 1. The molecule has 9 nitrogen and oxygen atoms in total. The molecule has 0 saturated carbocycles. The smallest absolute Gasteiger partial charge is 0.338 e. The topological polar surface area (TPSA) is 124 Å². The molecule has 0 fully saturated rings. The van der Waals surface area contributed by atoms with Gasteiger partial charge in [0.05, 0.1) is 27.3 Å². The quantitative estimate of drug-likeness (QED) is 0.169. The van der Waals surface area contributed by atoms with Crippen LogP contribution >= 0.6 is 11.6 Å². The Hall–Kier alpha value is -4.37. The van der Waals surface area contributed by atoms with Crippen LogP contribution in [0.3, 0.4) is 0 Å². The second kappa shape index (κ2) is 8.87. The summed E-state index contributed by atoms with van der Waals surface area (Å²) in [6.45, 7) is 0.889. The van der Waals surface area contributed by atoms with Crippen molar-refractivity contribution in [3.63, 3.8) is 0 Å². The number of esters is 1. The molecule has 0 radical (unpaired) electrons. The van der Waals surface area contributed by atoms with E-state index >= 15 is 0 Å². The maximum atomic E-state index is 12.8. The fourth-order valence-electron chi connectivity index (χ4n) is 3.47. The number of hydrogen-bond acceptors (Lipinski definition) is 7. The molecule has 0 aromatic heterocycles. The van der Waals surface area contributed by atoms with E-state index in [-0.39, 0.29) is 27.9 Å². The number of rotatable bonds is 6. The van der Waals surface area contributed by atoms with E-state index in [0.717, 1.165) is 11.0 Å². The minimum Gasteiger partial charge on any atom is -0.454 e. The SMILES string of the molecule is Cc1ccc(C(=O)COC(=O)c2ccc3c(c2)C(=O)N(c2ccc(Cl)cc2)C3=O)cc1[N+](=O)[O-]. The first kappa shape index (κ1) is 22.8. The molecule has 1 heterocycles. The number of ether oxygens (including phenoxy) is 1. The Labute approximate surface area is 197 Å². The number of carbonyl (C=O) groups is 4. The van der Waals surface area contributed by atoms with Gasteiger partial charge in [0.1, 0.15) is 0 Å². The van der Waals surface area contributed by atoms with Gasteiger partial charge in [-0.2, -0.15) is 0 Å². The normalized spacial score (nSPS) is 12.5. The van der Waals surface area contributed by atoms with Crippen LogP contribution in [0.2, 0.25) is 5.02 Å². The number of imide groups is 1. The van der Waals surface area contributed by atoms with Crippen molar-refractivity contribution < 1.29 is 28.8 Å². The fraction of sp³-hybridized carbons (Fsp3) is 0.0833. The summed E-state index contributed by atoms with van der Waals surface area (Å²) in [7, 11) is 0. The monoisotopic (exact) mass is 478 g/mol. The van der Waals surface area contributed by atoms with E-state index in [2.05, 4.69) is 0 Å². The van der Waals surface area contributed by atoms with Gasteiger partial charge in [-0.15, -0.1) is 0 Å². The standard InChI is InChI=1S/C24H15ClN2O7/c1-13-2-3-14(11-20(13)27(32)33)21(28)12-34-24(31)15-4-9-18-19(10-15)23(30)26(22(18)29)17-7-5-16(25)6-8-17/h2-11H,12H2,1H3. The van der Waals surface area contributed by atoms with Gasteiger partial charge >= 0.3 is 5.97 Å². The number of ketones is 1. The predicted molar refractivity (Wildman–Crippen MR) is 121 cm³/mol. The van der Waals surface area contributed by atoms with Crippen LogP contribution in [0.25, 0.3) is 0 Å². The van der Waals surface area contributed by atoms with Crippen LogP contribution in [0.4, 0.5) is 11.4 Å². The van der Waals surface area contributed by atoms with Gasteiger partial charge in [0.25, 0.3) is 17.5 Å². The third-order valence-electron chi connectivity index (χ3n) is 5.27. The Balaban J connectivity index is 1.49. The van der Waals surface area contributed by atoms with Crippen molar-refractivity contribution in [2.75, 3.05) is 11.5 Å². The lowest BCUT2D eigenvalue weighted by molar-refractivity contribution is -0.385. The zero-order chi connectivity index (χ0) is 24.6. The van der Waals surface area contributed by atoms with Gasteiger partial charge in [-0.05, 0) is 49.4 Å². The van der Waals surface area contributed by atoms with Gasteiger partial charge in [0, 0.05) is 22.2 Å². The lowest BCUT2D eigenvalue weighted by atomic mass is 10.1. The van der Waals surface area contributed by atoms with Crippen LogP contribution in [0, 0.1) is 17.0 Å². The number of anilines is 1. The minimum absolute atomic E-state index is 0.0230. The Bertz CT molecular complexity index is 1380. The van der Waals surface area contributed by atoms with E-state index in [9.17, 15) is 29.3 Å². The summed E-state index contributed by atoms with van der Waals surface area (Å²) >= 11 is 5.86. The van der Waals surface area contributed by atoms with Crippen molar-refractivity contribution in [2.45, 2.75) is 6.92 Å². The van der Waals surface area contributed by atoms with E-state index in [1.807, 2.05) is 0 Å². The molecule has 0 N–H and O–H groups in total. The molecule has 2 amide bonds. The molecule has 3 aromatic rings. The second-order valence-corrected chi connectivity index (χ2v) is 7.88. The average Bonchev–Trinajstić information content (AvgIpc) is 3.07. The number of amides is 2. The zero-order valence-corrected chi connectivity index (χ0v) is 18.4. The maximum absolute atomic E-state index is 12.8. The molecule has 4 rings (SSSR count). The van der Waals surface area contributed by atoms with Crippen LogP contribution < -0.4 is 4.90 Å². The van der Waals surface area contributed by atoms with Crippen molar-refractivity contribution in [3.8, 4) is 0 Å². The van der Waals surface area contributed by atoms with Crippen molar-refractivity contribution in [1.82, 2.24) is 0 Å². The van der Waals surface area contributed by atoms with Crippen molar-refractivity contribution in [1.29, 1.82) is 0 Å². The summed E-state index contributed by atoms with van der Waals surface area (Å²) in [6.07, 6.45) is 0. The van der Waals surface area contributed by atoms with Gasteiger partial charge in [0.2, 0.25) is 5.78 Å². The first-order valence-corrected chi connectivity index (χ1v) is 10.3. The predicted octanol–water partition coefficient (Wildman–Crippen LogP) is 4.40. The van der Waals surface area contributed by atoms with Gasteiger partial charge < -0.3 is 4.74 Å². The lowest BCUT2D eigenvalue weighted by Gasteiger charge is -2.13. The highest BCUT2D eigenvalue weighted by Crippen LogP contribution is 2.30. The second-order valence-electron chi connectivity index (χ2n) is 7.44. The van der Waals surface area contributed by atoms with Crippen molar-refractivity contribution in [2.24, 2.45) is 0 Å². The fourth-order valence-corrected chi connectivity index (χ4v) is 3.60. The number of nitrogens with zero attached hydrogens (tertiary/aromatic N) is 2. The number of carbonyl (C=O) groups excluding carboxylic acids is 4. The average molecular weight is 479 g/mol. The third-order valence-corrected chi connectivity index (χ3v) is 5.52. The van der Waals surface area contributed by atoms with Gasteiger partial charge in [-0.25, -0.2) is 9.69 Å². The van der Waals surface area contributed by atoms with E-state index in [1.165, 1.54) is 42.5 Å². The molecule has 1 aliphatic rings. The van der Waals surface area contributed by atoms with Crippen LogP contribution in [-0.2, 0) is 4.74 Å². The summed E-state index contributed by atoms with van der Waals surface area (Å²) in [6, 6.07) is 14.0. The van der Waals surface area contributed by atoms with E-state index in [1.54, 1.807) is 19.1 Å². The summed E-state index contributed by atoms with van der Waals surface area (Å²) in [5, 5.41) is 11.5. The molecule has 34 heavy (non-hydrogen) atoms. The lowest BCUT2D eigenvalue weighted by Crippen LogP contribution is -2.29. The summed E-state index contributed by atoms with van der Waals surface area (Å²) in [4.78, 5) is 61.8. The third kappa shape index (κ3) is 4.16. The van der Waals surface area contributed by atoms with Gasteiger partial charge in [-0.1, -0.05) is 23.7 Å². The zero-order valence-electron chi connectivity index (χ0n) is 17.6. The van der Waals surface area contributed by atoms with Crippen LogP contribution in [0.1, 0.15) is 47.0 Å². The molecule has 0 aliphatic carbocycles.